The molecule has 2 rings (SSSR count). The molecule has 5 heteroatoms. The Bertz CT molecular complexity index is 267. The predicted molar refractivity (Wildman–Crippen MR) is 42.0 cm³/mol. The molecule has 0 bridgehead atoms. The van der Waals surface area contributed by atoms with Crippen LogP contribution in [0.2, 0.25) is 0 Å². The molecule has 5 nitrogen and oxygen atoms in total. The van der Waals surface area contributed by atoms with Crippen LogP contribution in [0, 0.1) is 6.92 Å². The van der Waals surface area contributed by atoms with Crippen molar-refractivity contribution in [3.8, 4) is 0 Å². The Labute approximate surface area is 70.3 Å². The van der Waals surface area contributed by atoms with Crippen LogP contribution in [0.3, 0.4) is 0 Å². The van der Waals surface area contributed by atoms with Gasteiger partial charge < -0.3 is 14.1 Å². The predicted octanol–water partition coefficient (Wildman–Crippen LogP) is 0.213. The third-order valence-corrected chi connectivity index (χ3v) is 1.97. The summed E-state index contributed by atoms with van der Waals surface area (Å²) in [6.07, 6.45) is 0.317. The molecule has 1 saturated heterocycles. The Balaban J connectivity index is 1.96. The summed E-state index contributed by atoms with van der Waals surface area (Å²) in [6, 6.07) is 0.598. The van der Waals surface area contributed by atoms with Gasteiger partial charge in [-0.1, -0.05) is 5.10 Å². The van der Waals surface area contributed by atoms with E-state index in [9.17, 15) is 0 Å². The van der Waals surface area contributed by atoms with Crippen LogP contribution in [0.1, 0.15) is 5.89 Å². The van der Waals surface area contributed by atoms with Gasteiger partial charge in [0.15, 0.2) is 0 Å². The fourth-order valence-corrected chi connectivity index (χ4v) is 1.16. The fourth-order valence-electron chi connectivity index (χ4n) is 1.16. The summed E-state index contributed by atoms with van der Waals surface area (Å²) < 4.78 is 10.3. The summed E-state index contributed by atoms with van der Waals surface area (Å²) in [7, 11) is 1.71. The number of aryl methyl sites for hydroxylation is 1. The summed E-state index contributed by atoms with van der Waals surface area (Å²) in [4.78, 5) is 1.99. The topological polar surface area (TPSA) is 51.4 Å². The maximum absolute atomic E-state index is 5.23. The number of hydrogen-bond donors (Lipinski definition) is 0. The van der Waals surface area contributed by atoms with Crippen LogP contribution in [-0.2, 0) is 4.74 Å². The van der Waals surface area contributed by atoms with Gasteiger partial charge in [0.1, 0.15) is 0 Å². The van der Waals surface area contributed by atoms with Gasteiger partial charge in [-0.05, 0) is 0 Å². The molecule has 1 aliphatic rings. The molecule has 1 aromatic rings. The van der Waals surface area contributed by atoms with Gasteiger partial charge in [0.05, 0.1) is 19.2 Å². The van der Waals surface area contributed by atoms with E-state index >= 15 is 0 Å². The molecule has 0 amide bonds. The fraction of sp³-hybridized carbons (Fsp3) is 0.714. The number of nitrogens with zero attached hydrogens (tertiary/aromatic N) is 3. The minimum absolute atomic E-state index is 0.317. The Morgan fingerprint density at radius 2 is 2.25 bits per heavy atom. The molecule has 1 fully saturated rings. The molecule has 2 heterocycles. The molecule has 0 spiro atoms. The smallest absolute Gasteiger partial charge is 0.318 e. The number of anilines is 1. The van der Waals surface area contributed by atoms with E-state index in [0.29, 0.717) is 18.0 Å². The van der Waals surface area contributed by atoms with Gasteiger partial charge in [-0.2, -0.15) is 0 Å². The van der Waals surface area contributed by atoms with Crippen LogP contribution < -0.4 is 4.90 Å². The van der Waals surface area contributed by atoms with E-state index in [4.69, 9.17) is 9.15 Å². The van der Waals surface area contributed by atoms with E-state index in [1.807, 2.05) is 4.90 Å². The van der Waals surface area contributed by atoms with Crippen LogP contribution in [0.4, 0.5) is 6.01 Å². The van der Waals surface area contributed by atoms with Crippen molar-refractivity contribution in [2.24, 2.45) is 0 Å². The van der Waals surface area contributed by atoms with E-state index in [1.54, 1.807) is 14.0 Å². The summed E-state index contributed by atoms with van der Waals surface area (Å²) in [5.74, 6) is 0.603. The average Bonchev–Trinajstić information content (AvgIpc) is 2.34. The quantitative estimate of drug-likeness (QED) is 0.633. The maximum atomic E-state index is 5.23. The van der Waals surface area contributed by atoms with E-state index in [1.165, 1.54) is 0 Å². The molecule has 0 radical (unpaired) electrons. The molecule has 0 N–H and O–H groups in total. The molecule has 12 heavy (non-hydrogen) atoms. The molecule has 0 unspecified atom stereocenters. The lowest BCUT2D eigenvalue weighted by Crippen LogP contribution is -2.52. The first kappa shape index (κ1) is 7.54. The summed E-state index contributed by atoms with van der Waals surface area (Å²) >= 11 is 0. The van der Waals surface area contributed by atoms with E-state index in [0.717, 1.165) is 13.1 Å². The van der Waals surface area contributed by atoms with E-state index in [-0.39, 0.29) is 0 Å². The van der Waals surface area contributed by atoms with Crippen molar-refractivity contribution < 1.29 is 9.15 Å². The van der Waals surface area contributed by atoms with Gasteiger partial charge in [-0.25, -0.2) is 0 Å². The zero-order valence-electron chi connectivity index (χ0n) is 7.15. The average molecular weight is 169 g/mol. The number of hydrogen-bond acceptors (Lipinski definition) is 5. The third-order valence-electron chi connectivity index (χ3n) is 1.97. The normalized spacial score (nSPS) is 18.0. The molecule has 0 aliphatic carbocycles. The van der Waals surface area contributed by atoms with Crippen molar-refractivity contribution in [1.29, 1.82) is 0 Å². The number of ether oxygens (including phenoxy) is 1. The van der Waals surface area contributed by atoms with Gasteiger partial charge in [0.2, 0.25) is 5.89 Å². The van der Waals surface area contributed by atoms with Gasteiger partial charge in [-0.15, -0.1) is 5.10 Å². The van der Waals surface area contributed by atoms with Gasteiger partial charge in [0.25, 0.3) is 0 Å². The Morgan fingerprint density at radius 3 is 2.75 bits per heavy atom. The van der Waals surface area contributed by atoms with Crippen molar-refractivity contribution in [2.75, 3.05) is 25.1 Å². The van der Waals surface area contributed by atoms with Crippen molar-refractivity contribution in [2.45, 2.75) is 13.0 Å². The van der Waals surface area contributed by atoms with Crippen molar-refractivity contribution in [3.63, 3.8) is 0 Å². The highest BCUT2D eigenvalue weighted by molar-refractivity contribution is 5.29. The van der Waals surface area contributed by atoms with Crippen LogP contribution in [0.15, 0.2) is 4.42 Å². The number of rotatable bonds is 2. The molecular formula is C7H11N3O2. The van der Waals surface area contributed by atoms with E-state index < -0.39 is 0 Å². The second kappa shape index (κ2) is 2.75. The minimum atomic E-state index is 0.317. The van der Waals surface area contributed by atoms with Crippen LogP contribution in [-0.4, -0.2) is 36.5 Å². The molecule has 66 valence electrons. The second-order valence-electron chi connectivity index (χ2n) is 2.87. The highest BCUT2D eigenvalue weighted by atomic mass is 16.5. The highest BCUT2D eigenvalue weighted by Crippen LogP contribution is 2.19. The lowest BCUT2D eigenvalue weighted by molar-refractivity contribution is 0.0756. The first-order chi connectivity index (χ1) is 5.79. The SMILES string of the molecule is COC1CN(c2nnc(C)o2)C1. The van der Waals surface area contributed by atoms with Gasteiger partial charge >= 0.3 is 6.01 Å². The first-order valence-corrected chi connectivity index (χ1v) is 3.87. The summed E-state index contributed by atoms with van der Waals surface area (Å²) in [6.45, 7) is 3.47. The molecule has 1 aromatic heterocycles. The van der Waals surface area contributed by atoms with E-state index in [2.05, 4.69) is 10.2 Å². The number of methoxy groups -OCH3 is 1. The maximum Gasteiger partial charge on any atom is 0.318 e. The Morgan fingerprint density at radius 1 is 1.50 bits per heavy atom. The molecule has 0 aromatic carbocycles. The highest BCUT2D eigenvalue weighted by Gasteiger charge is 2.29. The second-order valence-corrected chi connectivity index (χ2v) is 2.87. The lowest BCUT2D eigenvalue weighted by atomic mass is 10.2. The monoisotopic (exact) mass is 169 g/mol. The van der Waals surface area contributed by atoms with Crippen molar-refractivity contribution in [1.82, 2.24) is 10.2 Å². The summed E-state index contributed by atoms with van der Waals surface area (Å²) in [5, 5.41) is 7.63. The molecule has 0 atom stereocenters. The molecule has 1 aliphatic heterocycles. The Hall–Kier alpha value is -1.10. The first-order valence-electron chi connectivity index (χ1n) is 3.87. The summed E-state index contributed by atoms with van der Waals surface area (Å²) in [5.41, 5.74) is 0. The van der Waals surface area contributed by atoms with Crippen LogP contribution in [0.5, 0.6) is 0 Å². The number of aromatic nitrogens is 2. The van der Waals surface area contributed by atoms with Crippen molar-refractivity contribution >= 4 is 6.01 Å². The van der Waals surface area contributed by atoms with Crippen LogP contribution >= 0.6 is 0 Å². The minimum Gasteiger partial charge on any atom is -0.408 e. The zero-order valence-corrected chi connectivity index (χ0v) is 7.15. The largest absolute Gasteiger partial charge is 0.408 e. The van der Waals surface area contributed by atoms with Gasteiger partial charge in [-0.3, -0.25) is 0 Å². The third kappa shape index (κ3) is 1.16. The molecule has 0 saturated carbocycles. The Kier molecular flexibility index (Phi) is 1.73. The lowest BCUT2D eigenvalue weighted by Gasteiger charge is -2.36. The standard InChI is InChI=1S/C7H11N3O2/c1-5-8-9-7(12-5)10-3-6(4-10)11-2/h6H,3-4H2,1-2H3. The molecular weight excluding hydrogens is 158 g/mol. The van der Waals surface area contributed by atoms with Gasteiger partial charge in [0, 0.05) is 14.0 Å². The van der Waals surface area contributed by atoms with Crippen molar-refractivity contribution in [3.05, 3.63) is 5.89 Å². The zero-order chi connectivity index (χ0) is 8.55. The van der Waals surface area contributed by atoms with Crippen LogP contribution in [0.25, 0.3) is 0 Å².